The van der Waals surface area contributed by atoms with E-state index in [1.54, 1.807) is 54.5 Å². The Balaban J connectivity index is 1.54. The van der Waals surface area contributed by atoms with Crippen molar-refractivity contribution in [2.75, 3.05) is 31.4 Å². The largest absolute Gasteiger partial charge is 0.497 e. The van der Waals surface area contributed by atoms with E-state index in [-0.39, 0.29) is 16.7 Å². The number of carbonyl (C=O) groups is 2. The van der Waals surface area contributed by atoms with Crippen LogP contribution < -0.4 is 15.0 Å². The van der Waals surface area contributed by atoms with E-state index in [9.17, 15) is 18.0 Å². The number of aryl methyl sites for hydroxylation is 1. The van der Waals surface area contributed by atoms with E-state index in [1.807, 2.05) is 0 Å². The van der Waals surface area contributed by atoms with Gasteiger partial charge in [-0.1, -0.05) is 0 Å². The fourth-order valence-corrected chi connectivity index (χ4v) is 4.16. The quantitative estimate of drug-likeness (QED) is 0.682. The summed E-state index contributed by atoms with van der Waals surface area (Å²) in [7, 11) is -1.71. The Hall–Kier alpha value is -2.87. The van der Waals surface area contributed by atoms with Crippen LogP contribution in [0.3, 0.4) is 0 Å². The second kappa shape index (κ2) is 9.30. The maximum absolute atomic E-state index is 12.7. The van der Waals surface area contributed by atoms with Crippen LogP contribution in [0.25, 0.3) is 0 Å². The third kappa shape index (κ3) is 5.18. The third-order valence-electron chi connectivity index (χ3n) is 5.10. The molecule has 160 valence electrons. The van der Waals surface area contributed by atoms with Gasteiger partial charge in [-0.15, -0.1) is 0 Å². The summed E-state index contributed by atoms with van der Waals surface area (Å²) in [4.78, 5) is 26.9. The predicted octanol–water partition coefficient (Wildman–Crippen LogP) is 2.59. The van der Waals surface area contributed by atoms with Gasteiger partial charge < -0.3 is 15.0 Å². The first-order valence-corrected chi connectivity index (χ1v) is 11.7. The summed E-state index contributed by atoms with van der Waals surface area (Å²) in [5.74, 6) is 0.464. The lowest BCUT2D eigenvalue weighted by Gasteiger charge is -2.30. The summed E-state index contributed by atoms with van der Waals surface area (Å²) in [6, 6.07) is 11.8. The van der Waals surface area contributed by atoms with Gasteiger partial charge in [0.25, 0.3) is 5.91 Å². The molecule has 0 fully saturated rings. The first-order chi connectivity index (χ1) is 14.3. The highest BCUT2D eigenvalue weighted by Gasteiger charge is 2.23. The first-order valence-electron chi connectivity index (χ1n) is 9.85. The lowest BCUT2D eigenvalue weighted by Crippen LogP contribution is -2.36. The minimum Gasteiger partial charge on any atom is -0.497 e. The average molecular weight is 431 g/mol. The van der Waals surface area contributed by atoms with Crippen molar-refractivity contribution >= 4 is 27.3 Å². The van der Waals surface area contributed by atoms with Crippen molar-refractivity contribution < 1.29 is 22.7 Å². The van der Waals surface area contributed by atoms with Gasteiger partial charge in [0.15, 0.2) is 9.84 Å². The molecule has 0 saturated carbocycles. The summed E-state index contributed by atoms with van der Waals surface area (Å²) in [6.07, 6.45) is 3.55. The number of nitrogens with zero attached hydrogens (tertiary/aromatic N) is 1. The Kier molecular flexibility index (Phi) is 6.77. The van der Waals surface area contributed by atoms with Crippen LogP contribution >= 0.6 is 0 Å². The number of sulfone groups is 1. The molecule has 0 radical (unpaired) electrons. The van der Waals surface area contributed by atoms with Crippen molar-refractivity contribution in [3.05, 3.63) is 53.6 Å². The van der Waals surface area contributed by atoms with Gasteiger partial charge in [0.2, 0.25) is 5.91 Å². The number of amides is 2. The van der Waals surface area contributed by atoms with Crippen LogP contribution in [-0.4, -0.2) is 46.7 Å². The molecule has 0 saturated heterocycles. The van der Waals surface area contributed by atoms with Crippen LogP contribution in [0.5, 0.6) is 5.75 Å². The first kappa shape index (κ1) is 21.8. The monoisotopic (exact) mass is 430 g/mol. The summed E-state index contributed by atoms with van der Waals surface area (Å²) >= 11 is 0. The van der Waals surface area contributed by atoms with E-state index in [0.717, 1.165) is 24.1 Å². The molecule has 0 aliphatic carbocycles. The van der Waals surface area contributed by atoms with Crippen LogP contribution in [0.15, 0.2) is 47.4 Å². The summed E-state index contributed by atoms with van der Waals surface area (Å²) in [5.41, 5.74) is 2.19. The van der Waals surface area contributed by atoms with Crippen LogP contribution in [-0.2, 0) is 21.1 Å². The van der Waals surface area contributed by atoms with Gasteiger partial charge in [-0.25, -0.2) is 8.42 Å². The van der Waals surface area contributed by atoms with E-state index in [2.05, 4.69) is 5.32 Å². The van der Waals surface area contributed by atoms with Crippen LogP contribution in [0.2, 0.25) is 0 Å². The molecule has 0 atom stereocenters. The summed E-state index contributed by atoms with van der Waals surface area (Å²) < 4.78 is 28.6. The Morgan fingerprint density at radius 2 is 1.87 bits per heavy atom. The summed E-state index contributed by atoms with van der Waals surface area (Å²) in [6.45, 7) is 1.01. The standard InChI is InChI=1S/C22H26N2O5S/c1-29-18-9-7-16(8-10-18)22(26)23-13-3-6-21(25)24-14-4-5-17-15-19(30(2,27)28)11-12-20(17)24/h7-12,15H,3-6,13-14H2,1-2H3,(H,23,26). The zero-order valence-corrected chi connectivity index (χ0v) is 18.0. The fourth-order valence-electron chi connectivity index (χ4n) is 3.48. The van der Waals surface area contributed by atoms with Gasteiger partial charge in [-0.2, -0.15) is 0 Å². The van der Waals surface area contributed by atoms with Crippen molar-refractivity contribution in [1.82, 2.24) is 5.32 Å². The minimum absolute atomic E-state index is 0.0262. The second-order valence-electron chi connectivity index (χ2n) is 7.30. The predicted molar refractivity (Wildman–Crippen MR) is 115 cm³/mol. The van der Waals surface area contributed by atoms with Crippen molar-refractivity contribution in [2.45, 2.75) is 30.6 Å². The number of fused-ring (bicyclic) bond motifs is 1. The molecule has 0 spiro atoms. The molecule has 1 aliphatic rings. The molecule has 0 bridgehead atoms. The van der Waals surface area contributed by atoms with Crippen molar-refractivity contribution in [2.24, 2.45) is 0 Å². The number of anilines is 1. The minimum atomic E-state index is -3.28. The van der Waals surface area contributed by atoms with Gasteiger partial charge in [0.05, 0.1) is 12.0 Å². The number of ether oxygens (including phenoxy) is 1. The van der Waals surface area contributed by atoms with Gasteiger partial charge in [-0.3, -0.25) is 9.59 Å². The highest BCUT2D eigenvalue weighted by Crippen LogP contribution is 2.30. The number of rotatable bonds is 7. The fraction of sp³-hybridized carbons (Fsp3) is 0.364. The maximum Gasteiger partial charge on any atom is 0.251 e. The van der Waals surface area contributed by atoms with Gasteiger partial charge in [-0.05, 0) is 67.3 Å². The number of methoxy groups -OCH3 is 1. The molecule has 1 aliphatic heterocycles. The van der Waals surface area contributed by atoms with Crippen molar-refractivity contribution in [1.29, 1.82) is 0 Å². The molecule has 3 rings (SSSR count). The van der Waals surface area contributed by atoms with Gasteiger partial charge in [0.1, 0.15) is 5.75 Å². The lowest BCUT2D eigenvalue weighted by molar-refractivity contribution is -0.118. The van der Waals surface area contributed by atoms with Crippen LogP contribution in [0, 0.1) is 0 Å². The van der Waals surface area contributed by atoms with Crippen molar-refractivity contribution in [3.8, 4) is 5.75 Å². The Morgan fingerprint density at radius 3 is 2.53 bits per heavy atom. The number of benzene rings is 2. The zero-order valence-electron chi connectivity index (χ0n) is 17.2. The average Bonchev–Trinajstić information content (AvgIpc) is 2.75. The zero-order chi connectivity index (χ0) is 21.7. The Labute approximate surface area is 177 Å². The van der Waals surface area contributed by atoms with E-state index >= 15 is 0 Å². The van der Waals surface area contributed by atoms with E-state index in [1.165, 1.54) is 6.26 Å². The normalized spacial score (nSPS) is 13.5. The molecule has 30 heavy (non-hydrogen) atoms. The van der Waals surface area contributed by atoms with Crippen molar-refractivity contribution in [3.63, 3.8) is 0 Å². The molecular weight excluding hydrogens is 404 g/mol. The number of carbonyl (C=O) groups excluding carboxylic acids is 2. The molecule has 1 N–H and O–H groups in total. The lowest BCUT2D eigenvalue weighted by atomic mass is 10.0. The number of hydrogen-bond acceptors (Lipinski definition) is 5. The highest BCUT2D eigenvalue weighted by atomic mass is 32.2. The van der Waals surface area contributed by atoms with Crippen LogP contribution in [0.1, 0.15) is 35.2 Å². The Bertz CT molecular complexity index is 1030. The molecule has 0 aromatic heterocycles. The molecule has 0 unspecified atom stereocenters. The number of hydrogen-bond donors (Lipinski definition) is 1. The molecule has 2 aromatic rings. The smallest absolute Gasteiger partial charge is 0.251 e. The molecular formula is C22H26N2O5S. The topological polar surface area (TPSA) is 92.8 Å². The molecule has 1 heterocycles. The molecule has 8 heteroatoms. The molecule has 2 aromatic carbocycles. The van der Waals surface area contributed by atoms with Gasteiger partial charge >= 0.3 is 0 Å². The third-order valence-corrected chi connectivity index (χ3v) is 6.21. The SMILES string of the molecule is COc1ccc(C(=O)NCCCC(=O)N2CCCc3cc(S(C)(=O)=O)ccc32)cc1. The molecule has 2 amide bonds. The highest BCUT2D eigenvalue weighted by molar-refractivity contribution is 7.90. The van der Waals surface area contributed by atoms with Gasteiger partial charge in [0, 0.05) is 37.0 Å². The van der Waals surface area contributed by atoms with Crippen LogP contribution in [0.4, 0.5) is 5.69 Å². The Morgan fingerprint density at radius 1 is 1.13 bits per heavy atom. The molecule has 7 nitrogen and oxygen atoms in total. The second-order valence-corrected chi connectivity index (χ2v) is 9.32. The van der Waals surface area contributed by atoms with E-state index < -0.39 is 9.84 Å². The van der Waals surface area contributed by atoms with E-state index in [0.29, 0.717) is 37.2 Å². The maximum atomic E-state index is 12.7. The van der Waals surface area contributed by atoms with E-state index in [4.69, 9.17) is 4.74 Å². The summed E-state index contributed by atoms with van der Waals surface area (Å²) in [5, 5.41) is 2.82. The number of nitrogens with one attached hydrogen (secondary N) is 1.